The average molecular weight is 379 g/mol. The molecule has 3 rings (SSSR count). The Kier molecular flexibility index (Phi) is 5.55. The maximum absolute atomic E-state index is 13.7. The molecule has 0 aliphatic heterocycles. The van der Waals surface area contributed by atoms with Crippen molar-refractivity contribution >= 4 is 23.1 Å². The van der Waals surface area contributed by atoms with Gasteiger partial charge in [-0.15, -0.1) is 23.1 Å². The number of rotatable bonds is 6. The van der Waals surface area contributed by atoms with Gasteiger partial charge in [0.1, 0.15) is 16.6 Å². The molecule has 0 aliphatic carbocycles. The maximum Gasteiger partial charge on any atom is 0.170 e. The van der Waals surface area contributed by atoms with Crippen LogP contribution in [0.2, 0.25) is 0 Å². The van der Waals surface area contributed by atoms with Crippen LogP contribution in [0.1, 0.15) is 5.69 Å². The molecule has 2 aromatic carbocycles. The first-order chi connectivity index (χ1) is 12.1. The van der Waals surface area contributed by atoms with Gasteiger partial charge in [0, 0.05) is 16.0 Å². The summed E-state index contributed by atoms with van der Waals surface area (Å²) >= 11 is 2.68. The van der Waals surface area contributed by atoms with Crippen molar-refractivity contribution < 1.29 is 18.3 Å². The van der Waals surface area contributed by atoms with Crippen molar-refractivity contribution in [1.82, 2.24) is 4.98 Å². The number of para-hydroxylation sites is 1. The van der Waals surface area contributed by atoms with Gasteiger partial charge in [-0.3, -0.25) is 0 Å². The second kappa shape index (κ2) is 7.84. The molecular weight excluding hydrogens is 364 g/mol. The van der Waals surface area contributed by atoms with E-state index in [2.05, 4.69) is 4.98 Å². The van der Waals surface area contributed by atoms with Crippen LogP contribution in [0.15, 0.2) is 46.7 Å². The molecule has 0 bridgehead atoms. The van der Waals surface area contributed by atoms with Gasteiger partial charge in [0.15, 0.2) is 11.5 Å². The van der Waals surface area contributed by atoms with E-state index in [1.807, 2.05) is 23.6 Å². The second-order valence-electron chi connectivity index (χ2n) is 5.05. The van der Waals surface area contributed by atoms with Gasteiger partial charge in [0.05, 0.1) is 25.5 Å². The molecule has 0 amide bonds. The first-order valence-corrected chi connectivity index (χ1v) is 9.22. The van der Waals surface area contributed by atoms with Crippen LogP contribution >= 0.6 is 23.1 Å². The van der Waals surface area contributed by atoms with Gasteiger partial charge in [0.25, 0.3) is 0 Å². The fraction of sp³-hybridized carbons (Fsp3) is 0.167. The zero-order valence-corrected chi connectivity index (χ0v) is 15.2. The number of methoxy groups -OCH3 is 2. The summed E-state index contributed by atoms with van der Waals surface area (Å²) in [4.78, 5) is 4.85. The second-order valence-corrected chi connectivity index (χ2v) is 6.92. The summed E-state index contributed by atoms with van der Waals surface area (Å²) in [5, 5.41) is 2.68. The Hall–Kier alpha value is -2.12. The molecule has 1 aromatic heterocycles. The summed E-state index contributed by atoms with van der Waals surface area (Å²) < 4.78 is 37.7. The maximum atomic E-state index is 13.7. The van der Waals surface area contributed by atoms with Gasteiger partial charge < -0.3 is 9.47 Å². The molecule has 130 valence electrons. The quantitative estimate of drug-likeness (QED) is 0.537. The molecule has 0 N–H and O–H groups in total. The van der Waals surface area contributed by atoms with E-state index in [0.717, 1.165) is 28.4 Å². The minimum absolute atomic E-state index is 0.272. The van der Waals surface area contributed by atoms with Crippen molar-refractivity contribution in [2.24, 2.45) is 0 Å². The summed E-state index contributed by atoms with van der Waals surface area (Å²) in [7, 11) is 3.16. The number of benzene rings is 2. The van der Waals surface area contributed by atoms with Crippen LogP contribution in [0, 0.1) is 11.6 Å². The monoisotopic (exact) mass is 379 g/mol. The fourth-order valence-corrected chi connectivity index (χ4v) is 4.09. The van der Waals surface area contributed by atoms with Gasteiger partial charge >= 0.3 is 0 Å². The van der Waals surface area contributed by atoms with E-state index in [1.165, 1.54) is 29.2 Å². The standard InChI is InChI=1S/C18H15F2NO2S2/c1-22-15-5-3-4-13(17(15)23-2)18-21-12(10-25-18)9-24-16-8-11(19)6-7-14(16)20/h3-8,10H,9H2,1-2H3. The zero-order chi connectivity index (χ0) is 17.8. The van der Waals surface area contributed by atoms with Crippen LogP contribution in [0.25, 0.3) is 10.6 Å². The van der Waals surface area contributed by atoms with E-state index < -0.39 is 11.6 Å². The number of hydrogen-bond acceptors (Lipinski definition) is 5. The molecule has 7 heteroatoms. The SMILES string of the molecule is COc1cccc(-c2nc(CSc3cc(F)ccc3F)cs2)c1OC. The normalized spacial score (nSPS) is 10.7. The Labute approximate surface area is 152 Å². The predicted molar refractivity (Wildman–Crippen MR) is 96.6 cm³/mol. The molecule has 0 unspecified atom stereocenters. The topological polar surface area (TPSA) is 31.4 Å². The molecule has 1 heterocycles. The minimum Gasteiger partial charge on any atom is -0.493 e. The summed E-state index contributed by atoms with van der Waals surface area (Å²) in [5.74, 6) is 0.811. The zero-order valence-electron chi connectivity index (χ0n) is 13.6. The lowest BCUT2D eigenvalue weighted by molar-refractivity contribution is 0.356. The lowest BCUT2D eigenvalue weighted by atomic mass is 10.2. The third-order valence-corrected chi connectivity index (χ3v) is 5.44. The molecule has 25 heavy (non-hydrogen) atoms. The van der Waals surface area contributed by atoms with Crippen LogP contribution in [0.5, 0.6) is 11.5 Å². The number of aromatic nitrogens is 1. The van der Waals surface area contributed by atoms with Crippen LogP contribution in [-0.2, 0) is 5.75 Å². The van der Waals surface area contributed by atoms with Crippen molar-refractivity contribution in [3.8, 4) is 22.1 Å². The van der Waals surface area contributed by atoms with Crippen molar-refractivity contribution in [1.29, 1.82) is 0 Å². The van der Waals surface area contributed by atoms with Gasteiger partial charge in [0.2, 0.25) is 0 Å². The number of ether oxygens (including phenoxy) is 2. The van der Waals surface area contributed by atoms with Crippen LogP contribution in [-0.4, -0.2) is 19.2 Å². The highest BCUT2D eigenvalue weighted by Crippen LogP contribution is 2.39. The Morgan fingerprint density at radius 2 is 1.96 bits per heavy atom. The smallest absolute Gasteiger partial charge is 0.170 e. The van der Waals surface area contributed by atoms with E-state index in [9.17, 15) is 8.78 Å². The van der Waals surface area contributed by atoms with Crippen molar-refractivity contribution in [2.75, 3.05) is 14.2 Å². The van der Waals surface area contributed by atoms with E-state index in [1.54, 1.807) is 14.2 Å². The number of thioether (sulfide) groups is 1. The molecule has 0 saturated heterocycles. The third-order valence-electron chi connectivity index (χ3n) is 3.45. The van der Waals surface area contributed by atoms with Crippen LogP contribution in [0.4, 0.5) is 8.78 Å². The number of thiazole rings is 1. The van der Waals surface area contributed by atoms with E-state index in [4.69, 9.17) is 9.47 Å². The molecule has 0 radical (unpaired) electrons. The first-order valence-electron chi connectivity index (χ1n) is 7.36. The summed E-state index contributed by atoms with van der Waals surface area (Å²) in [6, 6.07) is 9.02. The highest BCUT2D eigenvalue weighted by molar-refractivity contribution is 7.98. The highest BCUT2D eigenvalue weighted by Gasteiger charge is 2.15. The summed E-state index contributed by atoms with van der Waals surface area (Å²) in [5.41, 5.74) is 1.62. The molecule has 3 nitrogen and oxygen atoms in total. The van der Waals surface area contributed by atoms with Gasteiger partial charge in [-0.05, 0) is 30.3 Å². The molecule has 0 spiro atoms. The minimum atomic E-state index is -0.455. The number of halogens is 2. The van der Waals surface area contributed by atoms with Crippen LogP contribution < -0.4 is 9.47 Å². The Bertz CT molecular complexity index is 883. The summed E-state index contributed by atoms with van der Waals surface area (Å²) in [6.45, 7) is 0. The largest absolute Gasteiger partial charge is 0.493 e. The van der Waals surface area contributed by atoms with Crippen molar-refractivity contribution in [3.63, 3.8) is 0 Å². The van der Waals surface area contributed by atoms with E-state index >= 15 is 0 Å². The van der Waals surface area contributed by atoms with Gasteiger partial charge in [-0.25, -0.2) is 13.8 Å². The molecular formula is C18H15F2NO2S2. The first kappa shape index (κ1) is 17.7. The highest BCUT2D eigenvalue weighted by atomic mass is 32.2. The Morgan fingerprint density at radius 1 is 1.12 bits per heavy atom. The lowest BCUT2D eigenvalue weighted by Crippen LogP contribution is -1.93. The molecule has 0 fully saturated rings. The molecule has 0 saturated carbocycles. The van der Waals surface area contributed by atoms with Crippen LogP contribution in [0.3, 0.4) is 0 Å². The fourth-order valence-electron chi connectivity index (χ4n) is 2.29. The number of hydrogen-bond donors (Lipinski definition) is 0. The van der Waals surface area contributed by atoms with E-state index in [-0.39, 0.29) is 4.90 Å². The Balaban J connectivity index is 1.80. The van der Waals surface area contributed by atoms with Crippen molar-refractivity contribution in [3.05, 3.63) is 59.1 Å². The van der Waals surface area contributed by atoms with Gasteiger partial charge in [-0.1, -0.05) is 6.07 Å². The average Bonchev–Trinajstić information content (AvgIpc) is 3.10. The van der Waals surface area contributed by atoms with E-state index in [0.29, 0.717) is 17.3 Å². The Morgan fingerprint density at radius 3 is 2.72 bits per heavy atom. The van der Waals surface area contributed by atoms with Gasteiger partial charge in [-0.2, -0.15) is 0 Å². The van der Waals surface area contributed by atoms with Crippen molar-refractivity contribution in [2.45, 2.75) is 10.6 Å². The lowest BCUT2D eigenvalue weighted by Gasteiger charge is -2.10. The third kappa shape index (κ3) is 3.93. The predicted octanol–water partition coefficient (Wildman–Crippen LogP) is 5.40. The molecule has 0 atom stereocenters. The number of nitrogens with zero attached hydrogens (tertiary/aromatic N) is 1. The summed E-state index contributed by atoms with van der Waals surface area (Å²) in [6.07, 6.45) is 0. The molecule has 3 aromatic rings. The molecule has 0 aliphatic rings.